The van der Waals surface area contributed by atoms with Crippen LogP contribution < -0.4 is 5.32 Å². The quantitative estimate of drug-likeness (QED) is 0.251. The Balaban J connectivity index is 1.65. The topological polar surface area (TPSA) is 110 Å². The average Bonchev–Trinajstić information content (AvgIpc) is 3.35. The molecule has 1 saturated heterocycles. The lowest BCUT2D eigenvalue weighted by Crippen LogP contribution is -2.23. The SMILES string of the molecule is CCOC(=O)c1c(Nc2ccc(Cl)cc2)oc(/C=C2\SC(=Nc3ccc(C(=O)OC)cc3)N(C)C2=O)c1Cl. The predicted octanol–water partition coefficient (Wildman–Crippen LogP) is 6.53. The lowest BCUT2D eigenvalue weighted by Gasteiger charge is -2.07. The Kier molecular flexibility index (Phi) is 8.45. The van der Waals surface area contributed by atoms with Crippen molar-refractivity contribution in [2.24, 2.45) is 4.99 Å². The highest BCUT2D eigenvalue weighted by Gasteiger charge is 2.32. The summed E-state index contributed by atoms with van der Waals surface area (Å²) in [5.74, 6) is -1.32. The summed E-state index contributed by atoms with van der Waals surface area (Å²) in [5, 5.41) is 3.94. The number of nitrogens with zero attached hydrogens (tertiary/aromatic N) is 2. The molecule has 1 aliphatic heterocycles. The van der Waals surface area contributed by atoms with E-state index in [0.717, 1.165) is 11.8 Å². The molecule has 2 heterocycles. The lowest BCUT2D eigenvalue weighted by molar-refractivity contribution is -0.121. The number of furan rings is 1. The first-order valence-electron chi connectivity index (χ1n) is 11.2. The number of hydrogen-bond acceptors (Lipinski definition) is 9. The number of hydrogen-bond donors (Lipinski definition) is 1. The number of likely N-dealkylation sites (N-methyl/N-ethyl adjacent to an activating group) is 1. The zero-order chi connectivity index (χ0) is 27.4. The molecule has 1 aliphatic rings. The molecule has 0 spiro atoms. The number of anilines is 2. The number of esters is 2. The Morgan fingerprint density at radius 2 is 1.79 bits per heavy atom. The van der Waals surface area contributed by atoms with Gasteiger partial charge in [-0.15, -0.1) is 0 Å². The van der Waals surface area contributed by atoms with Crippen molar-refractivity contribution < 1.29 is 28.3 Å². The molecule has 0 bridgehead atoms. The zero-order valence-electron chi connectivity index (χ0n) is 20.4. The Hall–Kier alpha value is -3.73. The van der Waals surface area contributed by atoms with Gasteiger partial charge < -0.3 is 19.2 Å². The molecule has 0 aliphatic carbocycles. The van der Waals surface area contributed by atoms with E-state index < -0.39 is 11.9 Å². The smallest absolute Gasteiger partial charge is 0.345 e. The number of methoxy groups -OCH3 is 1. The molecule has 3 aromatic rings. The van der Waals surface area contributed by atoms with Crippen LogP contribution in [-0.2, 0) is 14.3 Å². The summed E-state index contributed by atoms with van der Waals surface area (Å²) in [5.41, 5.74) is 1.52. The molecular formula is C26H21Cl2N3O6S. The van der Waals surface area contributed by atoms with Crippen LogP contribution in [0.4, 0.5) is 17.3 Å². The van der Waals surface area contributed by atoms with Crippen LogP contribution >= 0.6 is 35.0 Å². The maximum absolute atomic E-state index is 12.9. The third kappa shape index (κ3) is 5.88. The number of nitrogens with one attached hydrogen (secondary N) is 1. The second-order valence-electron chi connectivity index (χ2n) is 7.74. The number of benzene rings is 2. The van der Waals surface area contributed by atoms with Gasteiger partial charge in [0.2, 0.25) is 5.88 Å². The van der Waals surface area contributed by atoms with Gasteiger partial charge in [0.1, 0.15) is 16.3 Å². The van der Waals surface area contributed by atoms with Crippen LogP contribution in [0, 0.1) is 0 Å². The van der Waals surface area contributed by atoms with Gasteiger partial charge in [0.15, 0.2) is 5.17 Å². The van der Waals surface area contributed by atoms with Crippen molar-refractivity contribution >= 4 is 81.3 Å². The third-order valence-electron chi connectivity index (χ3n) is 5.24. The van der Waals surface area contributed by atoms with Crippen molar-refractivity contribution in [2.75, 3.05) is 26.1 Å². The second kappa shape index (κ2) is 11.8. The van der Waals surface area contributed by atoms with Crippen LogP contribution in [0.5, 0.6) is 0 Å². The van der Waals surface area contributed by atoms with Gasteiger partial charge in [-0.1, -0.05) is 23.2 Å². The van der Waals surface area contributed by atoms with Gasteiger partial charge in [-0.2, -0.15) is 0 Å². The number of ether oxygens (including phenoxy) is 2. The maximum Gasteiger partial charge on any atom is 0.345 e. The number of carbonyl (C=O) groups excluding carboxylic acids is 3. The van der Waals surface area contributed by atoms with Crippen LogP contribution in [-0.4, -0.2) is 48.7 Å². The fraction of sp³-hybridized carbons (Fsp3) is 0.154. The van der Waals surface area contributed by atoms with Crippen molar-refractivity contribution in [1.82, 2.24) is 4.90 Å². The highest BCUT2D eigenvalue weighted by atomic mass is 35.5. The van der Waals surface area contributed by atoms with Crippen LogP contribution in [0.2, 0.25) is 10.0 Å². The first-order chi connectivity index (χ1) is 18.2. The largest absolute Gasteiger partial charge is 0.465 e. The van der Waals surface area contributed by atoms with E-state index in [2.05, 4.69) is 10.3 Å². The molecule has 0 unspecified atom stereocenters. The summed E-state index contributed by atoms with van der Waals surface area (Å²) in [6.07, 6.45) is 1.45. The van der Waals surface area contributed by atoms with Gasteiger partial charge in [0.05, 0.1) is 29.9 Å². The Bertz CT molecular complexity index is 1450. The number of carbonyl (C=O) groups is 3. The lowest BCUT2D eigenvalue weighted by atomic mass is 10.2. The zero-order valence-corrected chi connectivity index (χ0v) is 22.7. The molecule has 2 aromatic carbocycles. The predicted molar refractivity (Wildman–Crippen MR) is 148 cm³/mol. The highest BCUT2D eigenvalue weighted by Crippen LogP contribution is 2.39. The van der Waals surface area contributed by atoms with Crippen molar-refractivity contribution in [3.05, 3.63) is 80.4 Å². The van der Waals surface area contributed by atoms with E-state index in [1.54, 1.807) is 62.5 Å². The monoisotopic (exact) mass is 573 g/mol. The fourth-order valence-corrected chi connectivity index (χ4v) is 4.67. The molecule has 0 saturated carbocycles. The van der Waals surface area contributed by atoms with E-state index >= 15 is 0 Å². The van der Waals surface area contributed by atoms with Gasteiger partial charge in [-0.05, 0) is 67.2 Å². The standard InChI is InChI=1S/C26H21Cl2N3O6S/c1-4-36-25(34)20-21(28)18(37-22(20)29-16-11-7-15(27)8-12-16)13-19-23(32)31(2)26(38-19)30-17-9-5-14(6-10-17)24(33)35-3/h5-13,29H,4H2,1-3H3/b19-13-,30-26?. The third-order valence-corrected chi connectivity index (χ3v) is 6.92. The summed E-state index contributed by atoms with van der Waals surface area (Å²) in [6.45, 7) is 1.81. The fourth-order valence-electron chi connectivity index (χ4n) is 3.33. The highest BCUT2D eigenvalue weighted by molar-refractivity contribution is 8.18. The summed E-state index contributed by atoms with van der Waals surface area (Å²) in [7, 11) is 2.89. The van der Waals surface area contributed by atoms with Gasteiger partial charge in [-0.3, -0.25) is 9.69 Å². The van der Waals surface area contributed by atoms with E-state index in [4.69, 9.17) is 37.1 Å². The van der Waals surface area contributed by atoms with Crippen molar-refractivity contribution in [3.63, 3.8) is 0 Å². The minimum absolute atomic E-state index is 0.00120. The molecule has 0 radical (unpaired) electrons. The van der Waals surface area contributed by atoms with E-state index in [1.807, 2.05) is 0 Å². The Morgan fingerprint density at radius 3 is 2.42 bits per heavy atom. The van der Waals surface area contributed by atoms with Crippen molar-refractivity contribution in [2.45, 2.75) is 6.92 Å². The summed E-state index contributed by atoms with van der Waals surface area (Å²) < 4.78 is 15.7. The molecule has 1 N–H and O–H groups in total. The second-order valence-corrected chi connectivity index (χ2v) is 9.57. The molecule has 0 atom stereocenters. The van der Waals surface area contributed by atoms with Crippen LogP contribution in [0.1, 0.15) is 33.4 Å². The molecule has 9 nitrogen and oxygen atoms in total. The first-order valence-corrected chi connectivity index (χ1v) is 12.8. The number of amides is 1. The van der Waals surface area contributed by atoms with E-state index in [0.29, 0.717) is 27.1 Å². The average molecular weight is 574 g/mol. The molecule has 1 amide bonds. The van der Waals surface area contributed by atoms with Gasteiger partial charge >= 0.3 is 11.9 Å². The first kappa shape index (κ1) is 27.3. The Labute approximate surface area is 232 Å². The number of thioether (sulfide) groups is 1. The number of rotatable bonds is 7. The minimum atomic E-state index is -0.678. The van der Waals surface area contributed by atoms with Crippen molar-refractivity contribution in [1.29, 1.82) is 0 Å². The maximum atomic E-state index is 12.9. The minimum Gasteiger partial charge on any atom is -0.465 e. The molecule has 12 heteroatoms. The summed E-state index contributed by atoms with van der Waals surface area (Å²) in [4.78, 5) is 43.4. The number of aliphatic imine (C=N–C) groups is 1. The van der Waals surface area contributed by atoms with Crippen LogP contribution in [0.15, 0.2) is 62.8 Å². The molecule has 1 fully saturated rings. The van der Waals surface area contributed by atoms with Crippen LogP contribution in [0.3, 0.4) is 0 Å². The van der Waals surface area contributed by atoms with Crippen LogP contribution in [0.25, 0.3) is 6.08 Å². The molecule has 196 valence electrons. The van der Waals surface area contributed by atoms with Gasteiger partial charge in [0.25, 0.3) is 5.91 Å². The molecule has 1 aromatic heterocycles. The van der Waals surface area contributed by atoms with Gasteiger partial charge in [-0.25, -0.2) is 14.6 Å². The Morgan fingerprint density at radius 1 is 1.11 bits per heavy atom. The van der Waals surface area contributed by atoms with Gasteiger partial charge in [0, 0.05) is 23.8 Å². The van der Waals surface area contributed by atoms with E-state index in [-0.39, 0.29) is 39.6 Å². The number of halogens is 2. The summed E-state index contributed by atoms with van der Waals surface area (Å²) in [6, 6.07) is 13.2. The molecule has 4 rings (SSSR count). The molecular weight excluding hydrogens is 553 g/mol. The normalized spacial score (nSPS) is 15.3. The van der Waals surface area contributed by atoms with E-state index in [1.165, 1.54) is 18.1 Å². The molecule has 38 heavy (non-hydrogen) atoms. The van der Waals surface area contributed by atoms with E-state index in [9.17, 15) is 14.4 Å². The van der Waals surface area contributed by atoms with Crippen molar-refractivity contribution in [3.8, 4) is 0 Å². The number of amidine groups is 1. The summed E-state index contributed by atoms with van der Waals surface area (Å²) >= 11 is 13.6.